The second kappa shape index (κ2) is 117. The molecule has 59 heavy (non-hydrogen) atoms. The van der Waals surface area contributed by atoms with E-state index in [0.717, 1.165) is 95.4 Å². The number of carboxylic acids is 10. The van der Waals surface area contributed by atoms with E-state index < -0.39 is 59.7 Å². The van der Waals surface area contributed by atoms with Gasteiger partial charge in [0.2, 0.25) is 0 Å². The van der Waals surface area contributed by atoms with Gasteiger partial charge in [0.1, 0.15) is 0 Å². The van der Waals surface area contributed by atoms with Crippen LogP contribution in [0.3, 0.4) is 0 Å². The van der Waals surface area contributed by atoms with Crippen LogP contribution in [-0.2, 0) is 133 Å². The van der Waals surface area contributed by atoms with Gasteiger partial charge in [0.05, 0.1) is 0 Å². The number of aliphatic carboxylic acids is 10. The molecule has 0 heterocycles. The first-order valence-corrected chi connectivity index (χ1v) is 14.1. The zero-order valence-electron chi connectivity index (χ0n) is 34.0. The van der Waals surface area contributed by atoms with Crippen molar-refractivity contribution in [2.45, 2.75) is 69.2 Å². The number of nitrogens with two attached hydrogens (primary N) is 4. The number of nitrogens with one attached hydrogen (secondary N) is 2. The molecule has 0 aliphatic rings. The second-order valence-corrected chi connectivity index (χ2v) is 7.57. The predicted molar refractivity (Wildman–Crippen MR) is 169 cm³/mol. The van der Waals surface area contributed by atoms with Crippen molar-refractivity contribution >= 4 is 59.7 Å². The monoisotopic (exact) mass is 1070 g/mol. The van der Waals surface area contributed by atoms with Crippen LogP contribution in [-0.4, -0.2) is 112 Å². The molecular formula is C28H56Mn5N6O20. The van der Waals surface area contributed by atoms with Crippen LogP contribution in [0.2, 0.25) is 0 Å². The Bertz CT molecular complexity index is 660. The van der Waals surface area contributed by atoms with Gasteiger partial charge in [0.25, 0.3) is 0 Å². The van der Waals surface area contributed by atoms with Crippen LogP contribution in [0.25, 0.3) is 0 Å². The van der Waals surface area contributed by atoms with E-state index in [1.165, 1.54) is 0 Å². The van der Waals surface area contributed by atoms with Crippen LogP contribution >= 0.6 is 0 Å². The van der Waals surface area contributed by atoms with Gasteiger partial charge < -0.3 is 133 Å². The molecule has 353 valence electrons. The summed E-state index contributed by atoms with van der Waals surface area (Å²) in [5.74, 6) is -10.8. The zero-order valence-corrected chi connectivity index (χ0v) is 39.9. The van der Waals surface area contributed by atoms with Crippen molar-refractivity contribution in [3.05, 3.63) is 0 Å². The summed E-state index contributed by atoms with van der Waals surface area (Å²) in [7, 11) is 0. The van der Waals surface area contributed by atoms with Gasteiger partial charge in [-0.3, -0.25) is 0 Å². The Morgan fingerprint density at radius 1 is 0.271 bits per heavy atom. The van der Waals surface area contributed by atoms with Gasteiger partial charge in [-0.05, 0) is 69.2 Å². The molecular weight excluding hydrogens is 1020 g/mol. The van der Waals surface area contributed by atoms with Gasteiger partial charge in [0.15, 0.2) is 0 Å². The van der Waals surface area contributed by atoms with E-state index in [4.69, 9.17) is 122 Å². The standard InChI is InChI=1S/2C4H13N3.10C2H4O2.5Mn/c2*5-1-3-7-4-2-6;10*1-2(3)4;;;;;/h2*7H,1-6H2;10*1H3,(H,3,4);;;;;/q;;;;;;;;;;;;5*+2/p-10. The number of carboxylic acid groups (broad SMARTS) is 10. The van der Waals surface area contributed by atoms with E-state index in [0.29, 0.717) is 26.2 Å². The smallest absolute Gasteiger partial charge is 0.550 e. The van der Waals surface area contributed by atoms with Crippen molar-refractivity contribution < 1.29 is 184 Å². The number of carbonyl (C=O) groups excluding carboxylic acids is 10. The third-order valence-corrected chi connectivity index (χ3v) is 1.28. The van der Waals surface area contributed by atoms with Gasteiger partial charge in [-0.25, -0.2) is 0 Å². The molecule has 0 aromatic carbocycles. The van der Waals surface area contributed by atoms with Crippen LogP contribution in [0.15, 0.2) is 0 Å². The molecule has 10 N–H and O–H groups in total. The predicted octanol–water partition coefficient (Wildman–Crippen LogP) is -15.5. The summed E-state index contributed by atoms with van der Waals surface area (Å²) in [6, 6.07) is 0. The second-order valence-electron chi connectivity index (χ2n) is 7.57. The third kappa shape index (κ3) is 6060. The Labute approximate surface area is 397 Å². The molecule has 0 saturated heterocycles. The average molecular weight is 1070 g/mol. The molecule has 0 amide bonds. The summed E-state index contributed by atoms with van der Waals surface area (Å²) < 4.78 is 0. The van der Waals surface area contributed by atoms with E-state index in [1.807, 2.05) is 0 Å². The fourth-order valence-electron chi connectivity index (χ4n) is 0.658. The number of carbonyl (C=O) groups is 10. The molecule has 0 saturated carbocycles. The summed E-state index contributed by atoms with van der Waals surface area (Å²) in [6.45, 7) is 16.0. The number of rotatable bonds is 8. The Kier molecular flexibility index (Phi) is 221. The van der Waals surface area contributed by atoms with E-state index in [1.54, 1.807) is 0 Å². The van der Waals surface area contributed by atoms with E-state index in [-0.39, 0.29) is 85.3 Å². The molecule has 0 bridgehead atoms. The molecule has 0 aromatic heterocycles. The Morgan fingerprint density at radius 2 is 0.322 bits per heavy atom. The molecule has 0 fully saturated rings. The molecule has 5 radical (unpaired) electrons. The summed E-state index contributed by atoms with van der Waals surface area (Å²) in [6.07, 6.45) is 0. The molecule has 31 heteroatoms. The minimum Gasteiger partial charge on any atom is -0.550 e. The van der Waals surface area contributed by atoms with Gasteiger partial charge in [-0.1, -0.05) is 0 Å². The Hall–Kier alpha value is -2.94. The maximum absolute atomic E-state index is 8.89. The van der Waals surface area contributed by atoms with Crippen molar-refractivity contribution in [1.29, 1.82) is 0 Å². The summed E-state index contributed by atoms with van der Waals surface area (Å²) in [4.78, 5) is 88.9. The summed E-state index contributed by atoms with van der Waals surface area (Å²) in [5.41, 5.74) is 20.7. The number of hydrogen-bond donors (Lipinski definition) is 6. The van der Waals surface area contributed by atoms with Crippen molar-refractivity contribution in [2.75, 3.05) is 52.4 Å². The normalized spacial score (nSPS) is 6.47. The topological polar surface area (TPSA) is 529 Å². The summed E-state index contributed by atoms with van der Waals surface area (Å²) >= 11 is 0. The van der Waals surface area contributed by atoms with Gasteiger partial charge in [-0.2, -0.15) is 0 Å². The first-order chi connectivity index (χ1) is 24.1. The van der Waals surface area contributed by atoms with Crippen molar-refractivity contribution in [2.24, 2.45) is 22.9 Å². The van der Waals surface area contributed by atoms with E-state index in [2.05, 4.69) is 10.6 Å². The largest absolute Gasteiger partial charge is 2.00 e. The van der Waals surface area contributed by atoms with Gasteiger partial charge in [0, 0.05) is 112 Å². The molecule has 0 aromatic rings. The molecule has 26 nitrogen and oxygen atoms in total. The molecule has 0 aliphatic heterocycles. The van der Waals surface area contributed by atoms with E-state index >= 15 is 0 Å². The fourth-order valence-corrected chi connectivity index (χ4v) is 0.658. The first-order valence-electron chi connectivity index (χ1n) is 14.1. The third-order valence-electron chi connectivity index (χ3n) is 1.28. The molecule has 0 spiro atoms. The maximum Gasteiger partial charge on any atom is 2.00 e. The van der Waals surface area contributed by atoms with Crippen molar-refractivity contribution in [3.63, 3.8) is 0 Å². The van der Waals surface area contributed by atoms with Crippen LogP contribution in [0, 0.1) is 0 Å². The van der Waals surface area contributed by atoms with Gasteiger partial charge >= 0.3 is 85.3 Å². The fraction of sp³-hybridized carbons (Fsp3) is 0.643. The quantitative estimate of drug-likeness (QED) is 0.0971. The minimum absolute atomic E-state index is 0. The summed E-state index contributed by atoms with van der Waals surface area (Å²) in [5, 5.41) is 95.0. The SMILES string of the molecule is CC(=O)[O-].CC(=O)[O-].CC(=O)[O-].CC(=O)[O-].CC(=O)[O-].CC(=O)[O-].CC(=O)[O-].CC(=O)[O-].CC(=O)[O-].CC(=O)[O-].NCCNCCN.NCCNCCN.[Mn+2].[Mn+2].[Mn+2].[Mn+2].[Mn+2]. The molecule has 0 rings (SSSR count). The minimum atomic E-state index is -1.08. The Morgan fingerprint density at radius 3 is 0.356 bits per heavy atom. The average Bonchev–Trinajstić information content (AvgIpc) is 2.86. The molecule has 0 atom stereocenters. The van der Waals surface area contributed by atoms with Crippen LogP contribution in [0.4, 0.5) is 0 Å². The Balaban J connectivity index is -0.0000000217. The molecule has 0 unspecified atom stereocenters. The first kappa shape index (κ1) is 111. The van der Waals surface area contributed by atoms with Gasteiger partial charge in [-0.15, -0.1) is 0 Å². The van der Waals surface area contributed by atoms with Crippen LogP contribution < -0.4 is 84.6 Å². The van der Waals surface area contributed by atoms with Crippen LogP contribution in [0.1, 0.15) is 69.2 Å². The van der Waals surface area contributed by atoms with Crippen molar-refractivity contribution in [3.8, 4) is 0 Å². The maximum atomic E-state index is 8.89. The van der Waals surface area contributed by atoms with E-state index in [9.17, 15) is 0 Å². The zero-order chi connectivity index (χ0) is 46.8. The van der Waals surface area contributed by atoms with Crippen LogP contribution in [0.5, 0.6) is 0 Å². The molecule has 0 aliphatic carbocycles. The van der Waals surface area contributed by atoms with Crippen molar-refractivity contribution in [1.82, 2.24) is 10.6 Å². The number of hydrogen-bond acceptors (Lipinski definition) is 26.